The van der Waals surface area contributed by atoms with Crippen LogP contribution in [-0.2, 0) is 14.6 Å². The van der Waals surface area contributed by atoms with Crippen molar-refractivity contribution < 1.29 is 23.4 Å². The lowest BCUT2D eigenvalue weighted by Crippen LogP contribution is -2.37. The molecule has 6 nitrogen and oxygen atoms in total. The highest BCUT2D eigenvalue weighted by Crippen LogP contribution is 2.24. The number of aliphatic hydroxyl groups is 2. The maximum Gasteiger partial charge on any atom is 0.232 e. The smallest absolute Gasteiger partial charge is 0.232 e. The Balaban J connectivity index is 2.35. The fourth-order valence-corrected chi connectivity index (χ4v) is 5.32. The van der Waals surface area contributed by atoms with Gasteiger partial charge in [-0.2, -0.15) is 0 Å². The Labute approximate surface area is 111 Å². The van der Waals surface area contributed by atoms with E-state index in [9.17, 15) is 13.2 Å². The molecule has 1 amide bonds. The van der Waals surface area contributed by atoms with Crippen molar-refractivity contribution >= 4 is 27.5 Å². The summed E-state index contributed by atoms with van der Waals surface area (Å²) in [5, 5.41) is 17.6. The second kappa shape index (κ2) is 7.32. The maximum atomic E-state index is 11.8. The molecule has 0 saturated carbocycles. The predicted molar refractivity (Wildman–Crippen MR) is 70.3 cm³/mol. The zero-order valence-corrected chi connectivity index (χ0v) is 11.8. The molecule has 0 bridgehead atoms. The maximum absolute atomic E-state index is 11.8. The van der Waals surface area contributed by atoms with Crippen LogP contribution < -0.4 is 0 Å². The first-order chi connectivity index (χ1) is 8.48. The molecule has 1 fully saturated rings. The van der Waals surface area contributed by atoms with Gasteiger partial charge in [-0.05, 0) is 6.42 Å². The predicted octanol–water partition coefficient (Wildman–Crippen LogP) is -1.28. The van der Waals surface area contributed by atoms with Crippen LogP contribution in [-0.4, -0.2) is 78.2 Å². The Morgan fingerprint density at radius 3 is 2.33 bits per heavy atom. The van der Waals surface area contributed by atoms with Gasteiger partial charge in [-0.25, -0.2) is 8.42 Å². The topological polar surface area (TPSA) is 94.9 Å². The zero-order chi connectivity index (χ0) is 13.6. The van der Waals surface area contributed by atoms with E-state index in [2.05, 4.69) is 0 Å². The summed E-state index contributed by atoms with van der Waals surface area (Å²) in [5.41, 5.74) is 0. The van der Waals surface area contributed by atoms with Gasteiger partial charge in [0.15, 0.2) is 9.84 Å². The monoisotopic (exact) mass is 297 g/mol. The fourth-order valence-electron chi connectivity index (χ4n) is 1.78. The third-order valence-corrected chi connectivity index (χ3v) is 5.99. The highest BCUT2D eigenvalue weighted by Gasteiger charge is 2.29. The largest absolute Gasteiger partial charge is 0.395 e. The molecule has 0 aromatic heterocycles. The highest BCUT2D eigenvalue weighted by atomic mass is 32.2. The van der Waals surface area contributed by atoms with Gasteiger partial charge in [0.1, 0.15) is 0 Å². The van der Waals surface area contributed by atoms with Crippen molar-refractivity contribution in [3.05, 3.63) is 0 Å². The van der Waals surface area contributed by atoms with Crippen molar-refractivity contribution in [2.75, 3.05) is 43.6 Å². The minimum Gasteiger partial charge on any atom is -0.395 e. The molecule has 0 aromatic carbocycles. The van der Waals surface area contributed by atoms with Crippen LogP contribution in [0.5, 0.6) is 0 Å². The lowest BCUT2D eigenvalue weighted by atomic mass is 10.4. The first-order valence-corrected chi connectivity index (χ1v) is 8.67. The van der Waals surface area contributed by atoms with Crippen LogP contribution in [0.1, 0.15) is 6.42 Å². The number of sulfone groups is 1. The zero-order valence-electron chi connectivity index (χ0n) is 10.1. The Hall–Kier alpha value is -0.310. The molecular formula is C10H19NO5S2. The van der Waals surface area contributed by atoms with Crippen LogP contribution >= 0.6 is 11.8 Å². The number of hydrogen-bond donors (Lipinski definition) is 2. The Morgan fingerprint density at radius 2 is 1.89 bits per heavy atom. The summed E-state index contributed by atoms with van der Waals surface area (Å²) >= 11 is 1.34. The molecular weight excluding hydrogens is 278 g/mol. The van der Waals surface area contributed by atoms with Crippen molar-refractivity contribution in [3.8, 4) is 0 Å². The molecule has 0 spiro atoms. The Bertz CT molecular complexity index is 364. The number of thioether (sulfide) groups is 1. The number of carbonyl (C=O) groups excluding carboxylic acids is 1. The van der Waals surface area contributed by atoms with Gasteiger partial charge >= 0.3 is 0 Å². The van der Waals surface area contributed by atoms with E-state index >= 15 is 0 Å². The second-order valence-electron chi connectivity index (χ2n) is 4.16. The van der Waals surface area contributed by atoms with E-state index < -0.39 is 9.84 Å². The molecule has 8 heteroatoms. The molecule has 1 rings (SSSR count). The summed E-state index contributed by atoms with van der Waals surface area (Å²) in [6.45, 7) is 0.105. The van der Waals surface area contributed by atoms with Gasteiger partial charge in [0.05, 0.1) is 30.5 Å². The minimum absolute atomic E-state index is 0.0101. The first kappa shape index (κ1) is 15.7. The number of aliphatic hydroxyl groups excluding tert-OH is 2. The summed E-state index contributed by atoms with van der Waals surface area (Å²) in [4.78, 5) is 13.2. The van der Waals surface area contributed by atoms with Crippen LogP contribution in [0.25, 0.3) is 0 Å². The summed E-state index contributed by atoms with van der Waals surface area (Å²) < 4.78 is 22.5. The molecule has 0 radical (unpaired) electrons. The van der Waals surface area contributed by atoms with Crippen LogP contribution in [0.4, 0.5) is 0 Å². The van der Waals surface area contributed by atoms with Crippen LogP contribution in [0.2, 0.25) is 0 Å². The number of carbonyl (C=O) groups is 1. The van der Waals surface area contributed by atoms with Gasteiger partial charge in [0.25, 0.3) is 0 Å². The molecule has 0 aromatic rings. The number of rotatable bonds is 7. The van der Waals surface area contributed by atoms with E-state index in [1.807, 2.05) is 0 Å². The molecule has 1 atom stereocenters. The van der Waals surface area contributed by atoms with E-state index in [-0.39, 0.29) is 54.7 Å². The molecule has 1 saturated heterocycles. The second-order valence-corrected chi connectivity index (χ2v) is 7.68. The van der Waals surface area contributed by atoms with Gasteiger partial charge in [-0.1, -0.05) is 0 Å². The van der Waals surface area contributed by atoms with E-state index in [1.165, 1.54) is 16.7 Å². The molecule has 1 aliphatic rings. The number of amides is 1. The van der Waals surface area contributed by atoms with Crippen LogP contribution in [0, 0.1) is 0 Å². The van der Waals surface area contributed by atoms with Crippen molar-refractivity contribution in [1.82, 2.24) is 4.90 Å². The van der Waals surface area contributed by atoms with Gasteiger partial charge < -0.3 is 15.1 Å². The first-order valence-electron chi connectivity index (χ1n) is 5.80. The molecule has 0 aliphatic carbocycles. The molecule has 1 heterocycles. The van der Waals surface area contributed by atoms with Crippen molar-refractivity contribution in [2.45, 2.75) is 11.7 Å². The lowest BCUT2D eigenvalue weighted by Gasteiger charge is -2.21. The standard InChI is InChI=1S/C10H19NO5S2/c12-4-2-11(3-5-13)10(14)7-17-9-1-6-18(15,16)8-9/h9,12-13H,1-8H2. The van der Waals surface area contributed by atoms with E-state index in [0.717, 1.165) is 0 Å². The van der Waals surface area contributed by atoms with Gasteiger partial charge in [-0.15, -0.1) is 11.8 Å². The van der Waals surface area contributed by atoms with Crippen molar-refractivity contribution in [3.63, 3.8) is 0 Å². The van der Waals surface area contributed by atoms with Gasteiger partial charge in [-0.3, -0.25) is 4.79 Å². The number of nitrogens with zero attached hydrogens (tertiary/aromatic N) is 1. The van der Waals surface area contributed by atoms with Crippen molar-refractivity contribution in [1.29, 1.82) is 0 Å². The Morgan fingerprint density at radius 1 is 1.28 bits per heavy atom. The minimum atomic E-state index is -2.91. The van der Waals surface area contributed by atoms with E-state index in [0.29, 0.717) is 6.42 Å². The van der Waals surface area contributed by atoms with E-state index in [1.54, 1.807) is 0 Å². The molecule has 1 unspecified atom stereocenters. The fraction of sp³-hybridized carbons (Fsp3) is 0.900. The average Bonchev–Trinajstić information content (AvgIpc) is 2.66. The third kappa shape index (κ3) is 5.13. The molecule has 18 heavy (non-hydrogen) atoms. The van der Waals surface area contributed by atoms with E-state index in [4.69, 9.17) is 10.2 Å². The Kier molecular flexibility index (Phi) is 6.40. The van der Waals surface area contributed by atoms with Gasteiger partial charge in [0.2, 0.25) is 5.91 Å². The summed E-state index contributed by atoms with van der Waals surface area (Å²) in [7, 11) is -2.91. The molecule has 106 valence electrons. The van der Waals surface area contributed by atoms with Crippen molar-refractivity contribution in [2.24, 2.45) is 0 Å². The number of hydrogen-bond acceptors (Lipinski definition) is 6. The highest BCUT2D eigenvalue weighted by molar-refractivity contribution is 8.02. The lowest BCUT2D eigenvalue weighted by molar-refractivity contribution is -0.129. The third-order valence-electron chi connectivity index (χ3n) is 2.73. The van der Waals surface area contributed by atoms with Crippen LogP contribution in [0.3, 0.4) is 0 Å². The average molecular weight is 297 g/mol. The molecule has 1 aliphatic heterocycles. The van der Waals surface area contributed by atoms with Gasteiger partial charge in [0, 0.05) is 18.3 Å². The summed E-state index contributed by atoms with van der Waals surface area (Å²) in [6.07, 6.45) is 0.598. The SMILES string of the molecule is O=C(CSC1CCS(=O)(=O)C1)N(CCO)CCO. The summed E-state index contributed by atoms with van der Waals surface area (Å²) in [5.74, 6) is 0.369. The summed E-state index contributed by atoms with van der Waals surface area (Å²) in [6, 6.07) is 0. The molecule has 2 N–H and O–H groups in total. The van der Waals surface area contributed by atoms with Crippen LogP contribution in [0.15, 0.2) is 0 Å². The normalized spacial score (nSPS) is 22.0. The quantitative estimate of drug-likeness (QED) is 0.608.